The zero-order chi connectivity index (χ0) is 10.6. The molecule has 1 aromatic rings. The Kier molecular flexibility index (Phi) is 3.25. The van der Waals surface area contributed by atoms with Crippen LogP contribution in [0.4, 0.5) is 0 Å². The molecule has 1 amide bonds. The molecular weight excluding hydrogens is 176 g/mol. The first-order chi connectivity index (χ1) is 6.58. The molecule has 0 radical (unpaired) electrons. The van der Waals surface area contributed by atoms with Crippen molar-refractivity contribution in [3.63, 3.8) is 0 Å². The molecule has 3 N–H and O–H groups in total. The highest BCUT2D eigenvalue weighted by Crippen LogP contribution is 2.11. The summed E-state index contributed by atoms with van der Waals surface area (Å²) < 4.78 is 0. The maximum absolute atomic E-state index is 11.2. The molecule has 1 unspecified atom stereocenters. The van der Waals surface area contributed by atoms with Crippen LogP contribution < -0.4 is 11.1 Å². The lowest BCUT2D eigenvalue weighted by Gasteiger charge is -2.25. The van der Waals surface area contributed by atoms with Crippen LogP contribution in [-0.4, -0.2) is 18.5 Å². The number of hydrogen-bond acceptors (Lipinski definition) is 2. The molecule has 0 heterocycles. The van der Waals surface area contributed by atoms with Gasteiger partial charge in [-0.15, -0.1) is 0 Å². The number of hydrogen-bond donors (Lipinski definition) is 2. The maximum Gasteiger partial charge on any atom is 0.237 e. The van der Waals surface area contributed by atoms with Gasteiger partial charge in [-0.05, 0) is 26.0 Å². The molecule has 0 aromatic heterocycles. The van der Waals surface area contributed by atoms with Gasteiger partial charge in [-0.25, -0.2) is 0 Å². The van der Waals surface area contributed by atoms with Gasteiger partial charge < -0.3 is 11.1 Å². The molecule has 0 aliphatic heterocycles. The van der Waals surface area contributed by atoms with E-state index in [2.05, 4.69) is 5.32 Å². The average molecular weight is 192 g/mol. The first-order valence-corrected chi connectivity index (χ1v) is 4.61. The topological polar surface area (TPSA) is 55.1 Å². The van der Waals surface area contributed by atoms with Gasteiger partial charge in [0, 0.05) is 0 Å². The van der Waals surface area contributed by atoms with Crippen LogP contribution in [-0.2, 0) is 11.2 Å². The molecule has 0 spiro atoms. The van der Waals surface area contributed by atoms with Crippen molar-refractivity contribution in [1.29, 1.82) is 0 Å². The van der Waals surface area contributed by atoms with E-state index in [0.29, 0.717) is 6.42 Å². The molecular formula is C11H16N2O. The minimum Gasteiger partial charge on any atom is -0.368 e. The summed E-state index contributed by atoms with van der Waals surface area (Å²) in [5.41, 5.74) is 5.76. The van der Waals surface area contributed by atoms with Crippen molar-refractivity contribution in [2.45, 2.75) is 18.9 Å². The van der Waals surface area contributed by atoms with Crippen molar-refractivity contribution >= 4 is 5.91 Å². The van der Waals surface area contributed by atoms with E-state index in [1.165, 1.54) is 0 Å². The third kappa shape index (κ3) is 2.33. The highest BCUT2D eigenvalue weighted by molar-refractivity contribution is 5.84. The van der Waals surface area contributed by atoms with E-state index in [1.54, 1.807) is 7.05 Å². The number of carbonyl (C=O) groups is 1. The third-order valence-corrected chi connectivity index (χ3v) is 2.50. The molecule has 14 heavy (non-hydrogen) atoms. The molecule has 0 aliphatic carbocycles. The van der Waals surface area contributed by atoms with Gasteiger partial charge in [-0.3, -0.25) is 4.79 Å². The van der Waals surface area contributed by atoms with Crippen molar-refractivity contribution in [2.24, 2.45) is 5.73 Å². The van der Waals surface area contributed by atoms with Crippen LogP contribution in [0, 0.1) is 0 Å². The van der Waals surface area contributed by atoms with E-state index in [0.717, 1.165) is 5.56 Å². The molecule has 3 heteroatoms. The predicted molar refractivity (Wildman–Crippen MR) is 56.8 cm³/mol. The zero-order valence-corrected chi connectivity index (χ0v) is 8.58. The first-order valence-electron chi connectivity index (χ1n) is 4.61. The summed E-state index contributed by atoms with van der Waals surface area (Å²) in [6, 6.07) is 9.82. The SMILES string of the molecule is CNC(C)(Cc1ccccc1)C(N)=O. The molecule has 1 rings (SSSR count). The Balaban J connectivity index is 2.81. The molecule has 0 aliphatic rings. The predicted octanol–water partition coefficient (Wildman–Crippen LogP) is 0.693. The maximum atomic E-state index is 11.2. The van der Waals surface area contributed by atoms with E-state index in [9.17, 15) is 4.79 Å². The standard InChI is InChI=1S/C11H16N2O/c1-11(13-2,10(12)14)8-9-6-4-3-5-7-9/h3-7,13H,8H2,1-2H3,(H2,12,14). The van der Waals surface area contributed by atoms with Gasteiger partial charge in [0.05, 0.1) is 5.54 Å². The van der Waals surface area contributed by atoms with Crippen molar-refractivity contribution < 1.29 is 4.79 Å². The normalized spacial score (nSPS) is 14.7. The van der Waals surface area contributed by atoms with Crippen molar-refractivity contribution in [3.8, 4) is 0 Å². The molecule has 0 fully saturated rings. The summed E-state index contributed by atoms with van der Waals surface area (Å²) in [7, 11) is 1.74. The fourth-order valence-corrected chi connectivity index (χ4v) is 1.30. The summed E-state index contributed by atoms with van der Waals surface area (Å²) >= 11 is 0. The Morgan fingerprint density at radius 1 is 1.43 bits per heavy atom. The summed E-state index contributed by atoms with van der Waals surface area (Å²) in [6.45, 7) is 1.81. The third-order valence-electron chi connectivity index (χ3n) is 2.50. The lowest BCUT2D eigenvalue weighted by molar-refractivity contribution is -0.123. The molecule has 0 saturated heterocycles. The number of likely N-dealkylation sites (N-methyl/N-ethyl adjacent to an activating group) is 1. The Morgan fingerprint density at radius 2 is 2.00 bits per heavy atom. The largest absolute Gasteiger partial charge is 0.368 e. The summed E-state index contributed by atoms with van der Waals surface area (Å²) in [5, 5.41) is 2.95. The van der Waals surface area contributed by atoms with Crippen LogP contribution in [0.15, 0.2) is 30.3 Å². The van der Waals surface area contributed by atoms with Crippen molar-refractivity contribution in [3.05, 3.63) is 35.9 Å². The quantitative estimate of drug-likeness (QED) is 0.737. The van der Waals surface area contributed by atoms with Gasteiger partial charge in [-0.1, -0.05) is 30.3 Å². The Morgan fingerprint density at radius 3 is 2.43 bits per heavy atom. The van der Waals surface area contributed by atoms with E-state index in [-0.39, 0.29) is 5.91 Å². The van der Waals surface area contributed by atoms with Gasteiger partial charge in [0.1, 0.15) is 0 Å². The van der Waals surface area contributed by atoms with Gasteiger partial charge >= 0.3 is 0 Å². The molecule has 1 aromatic carbocycles. The van der Waals surface area contributed by atoms with Crippen LogP contribution in [0.3, 0.4) is 0 Å². The van der Waals surface area contributed by atoms with E-state index in [1.807, 2.05) is 37.3 Å². The summed E-state index contributed by atoms with van der Waals surface area (Å²) in [4.78, 5) is 11.2. The Hall–Kier alpha value is -1.35. The highest BCUT2D eigenvalue weighted by atomic mass is 16.1. The number of amides is 1. The lowest BCUT2D eigenvalue weighted by atomic mass is 9.92. The molecule has 1 atom stereocenters. The average Bonchev–Trinajstić information content (AvgIpc) is 2.19. The van der Waals surface area contributed by atoms with Crippen LogP contribution >= 0.6 is 0 Å². The number of nitrogens with one attached hydrogen (secondary N) is 1. The summed E-state index contributed by atoms with van der Waals surface area (Å²) in [6.07, 6.45) is 0.611. The minimum atomic E-state index is -0.665. The van der Waals surface area contributed by atoms with Gasteiger partial charge in [0.25, 0.3) is 0 Å². The monoisotopic (exact) mass is 192 g/mol. The fraction of sp³-hybridized carbons (Fsp3) is 0.364. The van der Waals surface area contributed by atoms with Gasteiger partial charge in [0.15, 0.2) is 0 Å². The number of rotatable bonds is 4. The van der Waals surface area contributed by atoms with Crippen LogP contribution in [0.5, 0.6) is 0 Å². The zero-order valence-electron chi connectivity index (χ0n) is 8.58. The second kappa shape index (κ2) is 4.24. The number of primary amides is 1. The molecule has 0 saturated carbocycles. The van der Waals surface area contributed by atoms with Crippen molar-refractivity contribution in [2.75, 3.05) is 7.05 Å². The van der Waals surface area contributed by atoms with Gasteiger partial charge in [0.2, 0.25) is 5.91 Å². The molecule has 3 nitrogen and oxygen atoms in total. The number of nitrogens with two attached hydrogens (primary N) is 1. The number of benzene rings is 1. The number of carbonyl (C=O) groups excluding carboxylic acids is 1. The Bertz CT molecular complexity index is 310. The smallest absolute Gasteiger partial charge is 0.237 e. The van der Waals surface area contributed by atoms with Gasteiger partial charge in [-0.2, -0.15) is 0 Å². The first kappa shape index (κ1) is 10.7. The Labute approximate surface area is 84.3 Å². The second-order valence-corrected chi connectivity index (χ2v) is 3.61. The minimum absolute atomic E-state index is 0.330. The highest BCUT2D eigenvalue weighted by Gasteiger charge is 2.28. The van der Waals surface area contributed by atoms with E-state index < -0.39 is 5.54 Å². The van der Waals surface area contributed by atoms with Crippen LogP contribution in [0.1, 0.15) is 12.5 Å². The molecule has 0 bridgehead atoms. The lowest BCUT2D eigenvalue weighted by Crippen LogP contribution is -2.53. The van der Waals surface area contributed by atoms with Crippen LogP contribution in [0.25, 0.3) is 0 Å². The fourth-order valence-electron chi connectivity index (χ4n) is 1.30. The van der Waals surface area contributed by atoms with E-state index >= 15 is 0 Å². The van der Waals surface area contributed by atoms with E-state index in [4.69, 9.17) is 5.73 Å². The molecule has 76 valence electrons. The summed E-state index contributed by atoms with van der Waals surface area (Å²) in [5.74, 6) is -0.330. The van der Waals surface area contributed by atoms with Crippen molar-refractivity contribution in [1.82, 2.24) is 5.32 Å². The second-order valence-electron chi connectivity index (χ2n) is 3.61. The van der Waals surface area contributed by atoms with Crippen LogP contribution in [0.2, 0.25) is 0 Å².